The van der Waals surface area contributed by atoms with Gasteiger partial charge in [-0.05, 0) is 53.4 Å². The number of carbonyl (C=O) groups is 2. The van der Waals surface area contributed by atoms with Gasteiger partial charge in [-0.2, -0.15) is 0 Å². The van der Waals surface area contributed by atoms with Crippen LogP contribution in [0, 0.1) is 0 Å². The number of rotatable bonds is 7. The molecular weight excluding hydrogens is 414 g/mol. The summed E-state index contributed by atoms with van der Waals surface area (Å²) in [4.78, 5) is 33.9. The summed E-state index contributed by atoms with van der Waals surface area (Å²) in [5.74, 6) is 0.738. The lowest BCUT2D eigenvalue weighted by molar-refractivity contribution is -0.149. The molecule has 33 heavy (non-hydrogen) atoms. The van der Waals surface area contributed by atoms with Gasteiger partial charge in [-0.1, -0.05) is 36.4 Å². The van der Waals surface area contributed by atoms with E-state index in [1.54, 1.807) is 29.2 Å². The van der Waals surface area contributed by atoms with Gasteiger partial charge in [0.2, 0.25) is 11.8 Å². The number of carbonyl (C=O) groups excluding carboxylic acids is 2. The number of likely N-dealkylation sites (N-methyl/N-ethyl adjacent to an activating group) is 1. The molecule has 1 atom stereocenters. The number of pyridine rings is 1. The second-order valence-electron chi connectivity index (χ2n) is 8.26. The number of piperazine rings is 1. The SMILES string of the molecule is CCOc1ccc(CC(=O)N2CCN(C)C(=O)C2Cc2cccc(-c3ccncc3)c2)cc1. The minimum Gasteiger partial charge on any atom is -0.494 e. The molecule has 1 unspecified atom stereocenters. The van der Waals surface area contributed by atoms with E-state index >= 15 is 0 Å². The van der Waals surface area contributed by atoms with E-state index in [1.807, 2.05) is 61.5 Å². The highest BCUT2D eigenvalue weighted by Gasteiger charge is 2.35. The first-order valence-corrected chi connectivity index (χ1v) is 11.3. The molecule has 4 rings (SSSR count). The Bertz CT molecular complexity index is 1100. The molecule has 1 aliphatic heterocycles. The van der Waals surface area contributed by atoms with Gasteiger partial charge in [0.15, 0.2) is 0 Å². The second-order valence-corrected chi connectivity index (χ2v) is 8.26. The predicted molar refractivity (Wildman–Crippen MR) is 128 cm³/mol. The molecule has 1 saturated heterocycles. The van der Waals surface area contributed by atoms with Crippen LogP contribution in [0.3, 0.4) is 0 Å². The summed E-state index contributed by atoms with van der Waals surface area (Å²) in [5.41, 5.74) is 4.08. The van der Waals surface area contributed by atoms with E-state index in [4.69, 9.17) is 4.74 Å². The normalized spacial score (nSPS) is 16.1. The lowest BCUT2D eigenvalue weighted by Gasteiger charge is -2.39. The Balaban J connectivity index is 1.52. The molecule has 2 aromatic carbocycles. The van der Waals surface area contributed by atoms with Crippen LogP contribution in [-0.4, -0.2) is 59.4 Å². The highest BCUT2D eigenvalue weighted by atomic mass is 16.5. The quantitative estimate of drug-likeness (QED) is 0.560. The average Bonchev–Trinajstić information content (AvgIpc) is 2.84. The molecule has 6 heteroatoms. The van der Waals surface area contributed by atoms with Crippen LogP contribution in [0.5, 0.6) is 5.75 Å². The fourth-order valence-corrected chi connectivity index (χ4v) is 4.20. The molecule has 1 aliphatic rings. The van der Waals surface area contributed by atoms with Gasteiger partial charge in [0, 0.05) is 39.0 Å². The van der Waals surface area contributed by atoms with E-state index in [9.17, 15) is 9.59 Å². The second kappa shape index (κ2) is 10.3. The van der Waals surface area contributed by atoms with Crippen molar-refractivity contribution in [2.45, 2.75) is 25.8 Å². The van der Waals surface area contributed by atoms with Gasteiger partial charge in [-0.3, -0.25) is 14.6 Å². The molecule has 0 spiro atoms. The van der Waals surface area contributed by atoms with Crippen LogP contribution in [0.4, 0.5) is 0 Å². The number of nitrogens with zero attached hydrogens (tertiary/aromatic N) is 3. The van der Waals surface area contributed by atoms with Crippen LogP contribution in [-0.2, 0) is 22.4 Å². The number of benzene rings is 2. The van der Waals surface area contributed by atoms with Gasteiger partial charge < -0.3 is 14.5 Å². The van der Waals surface area contributed by atoms with Crippen molar-refractivity contribution in [1.29, 1.82) is 0 Å². The fourth-order valence-electron chi connectivity index (χ4n) is 4.20. The molecular formula is C27H29N3O3. The van der Waals surface area contributed by atoms with Crippen molar-refractivity contribution in [3.8, 4) is 16.9 Å². The first-order chi connectivity index (χ1) is 16.0. The van der Waals surface area contributed by atoms with Gasteiger partial charge in [-0.15, -0.1) is 0 Å². The largest absolute Gasteiger partial charge is 0.494 e. The van der Waals surface area contributed by atoms with Crippen molar-refractivity contribution >= 4 is 11.8 Å². The Hall–Kier alpha value is -3.67. The maximum absolute atomic E-state index is 13.2. The monoisotopic (exact) mass is 443 g/mol. The number of aromatic nitrogens is 1. The molecule has 0 radical (unpaired) electrons. The molecule has 0 N–H and O–H groups in total. The summed E-state index contributed by atoms with van der Waals surface area (Å²) in [7, 11) is 1.80. The van der Waals surface area contributed by atoms with Crippen molar-refractivity contribution in [3.05, 3.63) is 84.2 Å². The van der Waals surface area contributed by atoms with Crippen LogP contribution in [0.25, 0.3) is 11.1 Å². The third-order valence-electron chi connectivity index (χ3n) is 5.99. The lowest BCUT2D eigenvalue weighted by atomic mass is 9.97. The first kappa shape index (κ1) is 22.5. The van der Waals surface area contributed by atoms with Crippen LogP contribution in [0.1, 0.15) is 18.1 Å². The summed E-state index contributed by atoms with van der Waals surface area (Å²) in [6, 6.07) is 19.1. The number of ether oxygens (including phenoxy) is 1. The van der Waals surface area contributed by atoms with E-state index in [0.717, 1.165) is 28.0 Å². The minimum atomic E-state index is -0.508. The summed E-state index contributed by atoms with van der Waals surface area (Å²) in [6.45, 7) is 3.62. The maximum atomic E-state index is 13.2. The van der Waals surface area contributed by atoms with E-state index in [0.29, 0.717) is 26.1 Å². The van der Waals surface area contributed by atoms with E-state index in [2.05, 4.69) is 11.1 Å². The van der Waals surface area contributed by atoms with Crippen molar-refractivity contribution in [1.82, 2.24) is 14.8 Å². The van der Waals surface area contributed by atoms with Crippen molar-refractivity contribution < 1.29 is 14.3 Å². The lowest BCUT2D eigenvalue weighted by Crippen LogP contribution is -2.58. The molecule has 3 aromatic rings. The van der Waals surface area contributed by atoms with Crippen molar-refractivity contribution in [2.75, 3.05) is 26.7 Å². The van der Waals surface area contributed by atoms with E-state index in [1.165, 1.54) is 0 Å². The molecule has 6 nitrogen and oxygen atoms in total. The molecule has 0 aliphatic carbocycles. The number of amides is 2. The molecule has 0 saturated carbocycles. The topological polar surface area (TPSA) is 62.7 Å². The molecule has 1 aromatic heterocycles. The summed E-state index contributed by atoms with van der Waals surface area (Å²) < 4.78 is 5.48. The average molecular weight is 444 g/mol. The maximum Gasteiger partial charge on any atom is 0.245 e. The van der Waals surface area contributed by atoms with Crippen LogP contribution < -0.4 is 4.74 Å². The molecule has 170 valence electrons. The van der Waals surface area contributed by atoms with Crippen molar-refractivity contribution in [2.24, 2.45) is 0 Å². The summed E-state index contributed by atoms with van der Waals surface area (Å²) >= 11 is 0. The zero-order valence-electron chi connectivity index (χ0n) is 19.1. The zero-order valence-corrected chi connectivity index (χ0v) is 19.1. The van der Waals surface area contributed by atoms with Crippen LogP contribution >= 0.6 is 0 Å². The molecule has 0 bridgehead atoms. The van der Waals surface area contributed by atoms with E-state index in [-0.39, 0.29) is 18.2 Å². The minimum absolute atomic E-state index is 0.0180. The Morgan fingerprint density at radius 3 is 2.48 bits per heavy atom. The Morgan fingerprint density at radius 1 is 1.00 bits per heavy atom. The summed E-state index contributed by atoms with van der Waals surface area (Å²) in [5, 5.41) is 0. The van der Waals surface area contributed by atoms with Crippen LogP contribution in [0.2, 0.25) is 0 Å². The Labute approximate surface area is 194 Å². The number of hydrogen-bond acceptors (Lipinski definition) is 4. The van der Waals surface area contributed by atoms with Gasteiger partial charge in [0.1, 0.15) is 11.8 Å². The van der Waals surface area contributed by atoms with Gasteiger partial charge in [0.05, 0.1) is 13.0 Å². The van der Waals surface area contributed by atoms with Crippen LogP contribution in [0.15, 0.2) is 73.1 Å². The van der Waals surface area contributed by atoms with Gasteiger partial charge in [0.25, 0.3) is 0 Å². The Morgan fingerprint density at radius 2 is 1.76 bits per heavy atom. The fraction of sp³-hybridized carbons (Fsp3) is 0.296. The molecule has 2 amide bonds. The number of hydrogen-bond donors (Lipinski definition) is 0. The first-order valence-electron chi connectivity index (χ1n) is 11.3. The van der Waals surface area contributed by atoms with Crippen molar-refractivity contribution in [3.63, 3.8) is 0 Å². The Kier molecular flexibility index (Phi) is 7.03. The predicted octanol–water partition coefficient (Wildman–Crippen LogP) is 3.60. The highest BCUT2D eigenvalue weighted by molar-refractivity contribution is 5.89. The standard InChI is InChI=1S/C27H29N3O3/c1-3-33-24-9-7-20(8-10-24)19-26(31)30-16-15-29(2)27(32)25(30)18-21-5-4-6-23(17-21)22-11-13-28-14-12-22/h4-14,17,25H,3,15-16,18-19H2,1-2H3. The zero-order chi connectivity index (χ0) is 23.2. The summed E-state index contributed by atoms with van der Waals surface area (Å²) in [6.07, 6.45) is 4.28. The third kappa shape index (κ3) is 5.40. The van der Waals surface area contributed by atoms with Gasteiger partial charge >= 0.3 is 0 Å². The van der Waals surface area contributed by atoms with E-state index < -0.39 is 6.04 Å². The molecule has 2 heterocycles. The smallest absolute Gasteiger partial charge is 0.245 e. The third-order valence-corrected chi connectivity index (χ3v) is 5.99. The highest BCUT2D eigenvalue weighted by Crippen LogP contribution is 2.23. The van der Waals surface area contributed by atoms with Gasteiger partial charge in [-0.25, -0.2) is 0 Å². The molecule has 1 fully saturated rings.